The number of esters is 1. The van der Waals surface area contributed by atoms with Crippen molar-refractivity contribution in [1.82, 2.24) is 9.80 Å². The summed E-state index contributed by atoms with van der Waals surface area (Å²) in [6.07, 6.45) is 0. The van der Waals surface area contributed by atoms with E-state index in [9.17, 15) is 4.79 Å². The standard InChI is InChI=1S/C11H21BrN2O2/c1-11(2)8-14(6-5-13(11)3)7-9(12)10(15)16-4/h9H,5-8H2,1-4H3. The molecule has 16 heavy (non-hydrogen) atoms. The fourth-order valence-corrected chi connectivity index (χ4v) is 2.52. The first-order valence-electron chi connectivity index (χ1n) is 5.52. The molecule has 0 aromatic carbocycles. The lowest BCUT2D eigenvalue weighted by Gasteiger charge is -2.45. The second kappa shape index (κ2) is 5.47. The molecule has 94 valence electrons. The molecule has 1 fully saturated rings. The minimum Gasteiger partial charge on any atom is -0.468 e. The van der Waals surface area contributed by atoms with Gasteiger partial charge in [-0.2, -0.15) is 0 Å². The zero-order valence-electron chi connectivity index (χ0n) is 10.5. The second-order valence-electron chi connectivity index (χ2n) is 4.96. The van der Waals surface area contributed by atoms with E-state index >= 15 is 0 Å². The summed E-state index contributed by atoms with van der Waals surface area (Å²) in [6, 6.07) is 0. The highest BCUT2D eigenvalue weighted by molar-refractivity contribution is 9.10. The Morgan fingerprint density at radius 2 is 2.12 bits per heavy atom. The minimum absolute atomic E-state index is 0.168. The van der Waals surface area contributed by atoms with E-state index in [0.29, 0.717) is 6.54 Å². The van der Waals surface area contributed by atoms with E-state index < -0.39 is 0 Å². The summed E-state index contributed by atoms with van der Waals surface area (Å²) in [4.78, 5) is 15.7. The van der Waals surface area contributed by atoms with Crippen molar-refractivity contribution in [2.45, 2.75) is 24.2 Å². The topological polar surface area (TPSA) is 32.8 Å². The van der Waals surface area contributed by atoms with E-state index in [-0.39, 0.29) is 16.3 Å². The van der Waals surface area contributed by atoms with Crippen molar-refractivity contribution in [3.63, 3.8) is 0 Å². The van der Waals surface area contributed by atoms with Crippen molar-refractivity contribution in [2.24, 2.45) is 0 Å². The summed E-state index contributed by atoms with van der Waals surface area (Å²) >= 11 is 3.36. The highest BCUT2D eigenvalue weighted by Crippen LogP contribution is 2.19. The molecule has 0 aliphatic carbocycles. The number of ether oxygens (including phenoxy) is 1. The van der Waals surface area contributed by atoms with E-state index in [2.05, 4.69) is 46.6 Å². The predicted molar refractivity (Wildman–Crippen MR) is 67.9 cm³/mol. The molecule has 1 aliphatic heterocycles. The number of hydrogen-bond donors (Lipinski definition) is 0. The number of methoxy groups -OCH3 is 1. The third-order valence-electron chi connectivity index (χ3n) is 3.27. The van der Waals surface area contributed by atoms with Gasteiger partial charge in [0.15, 0.2) is 0 Å². The van der Waals surface area contributed by atoms with Gasteiger partial charge in [0.25, 0.3) is 0 Å². The Kier molecular flexibility index (Phi) is 4.76. The summed E-state index contributed by atoms with van der Waals surface area (Å²) in [5, 5.41) is 0. The Balaban J connectivity index is 2.48. The van der Waals surface area contributed by atoms with Crippen LogP contribution in [0.1, 0.15) is 13.8 Å². The summed E-state index contributed by atoms with van der Waals surface area (Å²) in [7, 11) is 3.56. The first kappa shape index (κ1) is 13.9. The number of likely N-dealkylation sites (N-methyl/N-ethyl adjacent to an activating group) is 1. The van der Waals surface area contributed by atoms with Crippen LogP contribution in [0.25, 0.3) is 0 Å². The van der Waals surface area contributed by atoms with Crippen LogP contribution in [0.5, 0.6) is 0 Å². The number of nitrogens with zero attached hydrogens (tertiary/aromatic N) is 2. The van der Waals surface area contributed by atoms with Crippen molar-refractivity contribution in [3.05, 3.63) is 0 Å². The lowest BCUT2D eigenvalue weighted by molar-refractivity contribution is -0.140. The first-order chi connectivity index (χ1) is 7.36. The molecule has 0 aromatic rings. The number of piperazine rings is 1. The first-order valence-corrected chi connectivity index (χ1v) is 6.44. The number of rotatable bonds is 3. The molecular weight excluding hydrogens is 272 g/mol. The fraction of sp³-hybridized carbons (Fsp3) is 0.909. The van der Waals surface area contributed by atoms with Gasteiger partial charge in [-0.25, -0.2) is 0 Å². The van der Waals surface area contributed by atoms with Crippen LogP contribution in [0.3, 0.4) is 0 Å². The molecule has 1 atom stereocenters. The Hall–Kier alpha value is -0.130. The third-order valence-corrected chi connectivity index (χ3v) is 3.93. The molecule has 5 heteroatoms. The van der Waals surface area contributed by atoms with E-state index in [1.807, 2.05) is 0 Å². The number of halogens is 1. The highest BCUT2D eigenvalue weighted by atomic mass is 79.9. The molecule has 1 unspecified atom stereocenters. The van der Waals surface area contributed by atoms with Crippen LogP contribution in [0.15, 0.2) is 0 Å². The van der Waals surface area contributed by atoms with Crippen molar-refractivity contribution in [3.8, 4) is 0 Å². The van der Waals surface area contributed by atoms with Gasteiger partial charge in [0.05, 0.1) is 7.11 Å². The van der Waals surface area contributed by atoms with Gasteiger partial charge < -0.3 is 4.74 Å². The molecule has 0 amide bonds. The molecule has 0 bridgehead atoms. The molecule has 1 heterocycles. The summed E-state index contributed by atoms with van der Waals surface area (Å²) < 4.78 is 4.70. The number of carbonyl (C=O) groups excluding carboxylic acids is 1. The molecule has 0 saturated carbocycles. The van der Waals surface area contributed by atoms with Crippen molar-refractivity contribution >= 4 is 21.9 Å². The third kappa shape index (κ3) is 3.43. The lowest BCUT2D eigenvalue weighted by atomic mass is 10.00. The SMILES string of the molecule is COC(=O)C(Br)CN1CCN(C)C(C)(C)C1. The number of alkyl halides is 1. The van der Waals surface area contributed by atoms with Gasteiger partial charge in [-0.15, -0.1) is 0 Å². The average molecular weight is 293 g/mol. The molecule has 1 aliphatic rings. The van der Waals surface area contributed by atoms with Gasteiger partial charge in [0.2, 0.25) is 0 Å². The Morgan fingerprint density at radius 1 is 1.50 bits per heavy atom. The minimum atomic E-state index is -0.225. The van der Waals surface area contributed by atoms with Crippen LogP contribution in [0, 0.1) is 0 Å². The van der Waals surface area contributed by atoms with Gasteiger partial charge in [-0.1, -0.05) is 15.9 Å². The van der Waals surface area contributed by atoms with Gasteiger partial charge >= 0.3 is 5.97 Å². The van der Waals surface area contributed by atoms with Crippen LogP contribution >= 0.6 is 15.9 Å². The average Bonchev–Trinajstić information content (AvgIpc) is 2.21. The van der Waals surface area contributed by atoms with Gasteiger partial charge in [-0.05, 0) is 20.9 Å². The maximum Gasteiger partial charge on any atom is 0.320 e. The van der Waals surface area contributed by atoms with E-state index in [1.165, 1.54) is 7.11 Å². The number of carbonyl (C=O) groups is 1. The second-order valence-corrected chi connectivity index (χ2v) is 6.07. The molecule has 0 spiro atoms. The molecular formula is C11H21BrN2O2. The van der Waals surface area contributed by atoms with E-state index in [1.54, 1.807) is 0 Å². The van der Waals surface area contributed by atoms with Gasteiger partial charge in [-0.3, -0.25) is 14.6 Å². The van der Waals surface area contributed by atoms with Gasteiger partial charge in [0, 0.05) is 31.7 Å². The molecule has 1 rings (SSSR count). The smallest absolute Gasteiger partial charge is 0.320 e. The maximum atomic E-state index is 11.3. The van der Waals surface area contributed by atoms with Crippen LogP contribution in [-0.2, 0) is 9.53 Å². The maximum absolute atomic E-state index is 11.3. The van der Waals surface area contributed by atoms with Crippen molar-refractivity contribution < 1.29 is 9.53 Å². The summed E-state index contributed by atoms with van der Waals surface area (Å²) in [5.41, 5.74) is 0.168. The Labute approximate surface area is 106 Å². The molecule has 4 nitrogen and oxygen atoms in total. The lowest BCUT2D eigenvalue weighted by Crippen LogP contribution is -2.58. The van der Waals surface area contributed by atoms with Crippen molar-refractivity contribution in [1.29, 1.82) is 0 Å². The summed E-state index contributed by atoms with van der Waals surface area (Å²) in [5.74, 6) is -0.197. The fourth-order valence-electron chi connectivity index (χ4n) is 1.93. The van der Waals surface area contributed by atoms with Gasteiger partial charge in [0.1, 0.15) is 4.83 Å². The van der Waals surface area contributed by atoms with Crippen LogP contribution < -0.4 is 0 Å². The van der Waals surface area contributed by atoms with Crippen LogP contribution in [0.2, 0.25) is 0 Å². The zero-order chi connectivity index (χ0) is 12.3. The van der Waals surface area contributed by atoms with Crippen LogP contribution in [-0.4, -0.2) is 66.5 Å². The monoisotopic (exact) mass is 292 g/mol. The largest absolute Gasteiger partial charge is 0.468 e. The highest BCUT2D eigenvalue weighted by Gasteiger charge is 2.32. The van der Waals surface area contributed by atoms with E-state index in [4.69, 9.17) is 4.74 Å². The Bertz CT molecular complexity index is 258. The van der Waals surface area contributed by atoms with Crippen molar-refractivity contribution in [2.75, 3.05) is 40.3 Å². The summed E-state index contributed by atoms with van der Waals surface area (Å²) in [6.45, 7) is 8.17. The number of hydrogen-bond acceptors (Lipinski definition) is 4. The normalized spacial score (nSPS) is 24.1. The predicted octanol–water partition coefficient (Wildman–Crippen LogP) is 0.949. The molecule has 0 N–H and O–H groups in total. The van der Waals surface area contributed by atoms with Crippen LogP contribution in [0.4, 0.5) is 0 Å². The zero-order valence-corrected chi connectivity index (χ0v) is 12.1. The molecule has 1 saturated heterocycles. The molecule has 0 aromatic heterocycles. The van der Waals surface area contributed by atoms with E-state index in [0.717, 1.165) is 19.6 Å². The Morgan fingerprint density at radius 3 is 2.62 bits per heavy atom. The molecule has 0 radical (unpaired) electrons. The quantitative estimate of drug-likeness (QED) is 0.573.